The number of nitrogens with zero attached hydrogens (tertiary/aromatic N) is 3. The molecule has 0 radical (unpaired) electrons. The van der Waals surface area contributed by atoms with E-state index in [1.54, 1.807) is 0 Å². The number of hydrogen-bond acceptors (Lipinski definition) is 7. The monoisotopic (exact) mass is 265 g/mol. The van der Waals surface area contributed by atoms with Crippen LogP contribution in [0.2, 0.25) is 5.15 Å². The van der Waals surface area contributed by atoms with Gasteiger partial charge in [0.25, 0.3) is 5.91 Å². The number of aromatic nitrogens is 2. The summed E-state index contributed by atoms with van der Waals surface area (Å²) in [6, 6.07) is 0. The summed E-state index contributed by atoms with van der Waals surface area (Å²) in [6.07, 6.45) is 0.980. The lowest BCUT2D eigenvalue weighted by Gasteiger charge is -2.04. The minimum absolute atomic E-state index is 0. The molecule has 0 aliphatic rings. The van der Waals surface area contributed by atoms with Crippen LogP contribution in [0.5, 0.6) is 0 Å². The second kappa shape index (κ2) is 7.16. The quantitative estimate of drug-likeness (QED) is 0.193. The van der Waals surface area contributed by atoms with Crippen LogP contribution < -0.4 is 22.6 Å². The van der Waals surface area contributed by atoms with E-state index in [4.69, 9.17) is 28.9 Å². The Morgan fingerprint density at radius 1 is 1.29 bits per heavy atom. The van der Waals surface area contributed by atoms with E-state index in [1.807, 2.05) is 0 Å². The van der Waals surface area contributed by atoms with Crippen LogP contribution in [0.3, 0.4) is 0 Å². The lowest BCUT2D eigenvalue weighted by atomic mass is 10.4. The van der Waals surface area contributed by atoms with Gasteiger partial charge in [-0.1, -0.05) is 11.6 Å². The second-order valence-corrected chi connectivity index (χ2v) is 2.74. The Hall–Kier alpha value is -2.17. The average Bonchev–Trinajstić information content (AvgIpc) is 2.20. The summed E-state index contributed by atoms with van der Waals surface area (Å²) in [6.45, 7) is 0. The maximum atomic E-state index is 11.3. The molecule has 1 heterocycles. The van der Waals surface area contributed by atoms with Crippen molar-refractivity contribution in [2.24, 2.45) is 10.9 Å². The van der Waals surface area contributed by atoms with Crippen LogP contribution in [-0.2, 0) is 0 Å². The van der Waals surface area contributed by atoms with Crippen molar-refractivity contribution in [3.8, 4) is 0 Å². The van der Waals surface area contributed by atoms with Gasteiger partial charge in [0.1, 0.15) is 6.34 Å². The highest BCUT2D eigenvalue weighted by atomic mass is 35.5. The van der Waals surface area contributed by atoms with E-state index in [2.05, 4.69) is 20.4 Å². The number of amides is 1. The summed E-state index contributed by atoms with van der Waals surface area (Å²) in [5.41, 5.74) is 10.6. The molecule has 0 bridgehead atoms. The molecule has 11 heteroatoms. The van der Waals surface area contributed by atoms with Crippen molar-refractivity contribution < 1.29 is 15.7 Å². The molecule has 96 valence electrons. The maximum absolute atomic E-state index is 11.3. The Morgan fingerprint density at radius 3 is 2.41 bits per heavy atom. The molecule has 0 spiro atoms. The van der Waals surface area contributed by atoms with E-state index >= 15 is 0 Å². The molecule has 0 saturated heterocycles. The number of nitrogens with two attached hydrogens (primary N) is 3. The smallest absolute Gasteiger partial charge is 0.278 e. The van der Waals surface area contributed by atoms with E-state index in [0.717, 1.165) is 6.34 Å². The van der Waals surface area contributed by atoms with Gasteiger partial charge in [0.15, 0.2) is 22.5 Å². The summed E-state index contributed by atoms with van der Waals surface area (Å²) in [5.74, 6) is 3.99. The summed E-state index contributed by atoms with van der Waals surface area (Å²) >= 11 is 5.57. The topological polar surface area (TPSA) is 208 Å². The van der Waals surface area contributed by atoms with Gasteiger partial charge in [-0.15, -0.1) is 0 Å². The number of carbonyl (C=O) groups excluding carboxylic acids is 1. The third-order valence-electron chi connectivity index (χ3n) is 1.39. The van der Waals surface area contributed by atoms with E-state index in [9.17, 15) is 4.79 Å². The summed E-state index contributed by atoms with van der Waals surface area (Å²) in [5, 5.41) is 5.17. The van der Waals surface area contributed by atoms with Gasteiger partial charge in [0, 0.05) is 0 Å². The molecule has 1 rings (SSSR count). The Kier molecular flexibility index (Phi) is 7.26. The molecular formula is C6H12ClN7O3. The van der Waals surface area contributed by atoms with Gasteiger partial charge >= 0.3 is 0 Å². The molecule has 0 aliphatic carbocycles. The number of nitrogens with one attached hydrogen (secondary N) is 1. The molecule has 1 amide bonds. The van der Waals surface area contributed by atoms with Crippen molar-refractivity contribution >= 4 is 35.5 Å². The summed E-state index contributed by atoms with van der Waals surface area (Å²) in [4.78, 5) is 18.6. The molecule has 0 atom stereocenters. The first-order chi connectivity index (χ1) is 7.06. The molecule has 1 aromatic heterocycles. The lowest BCUT2D eigenvalue weighted by Crippen LogP contribution is -2.25. The Morgan fingerprint density at radius 2 is 1.88 bits per heavy atom. The number of carbonyl (C=O) groups is 1. The Balaban J connectivity index is 0. The number of anilines is 2. The molecule has 1 aromatic rings. The highest BCUT2D eigenvalue weighted by Crippen LogP contribution is 2.16. The zero-order valence-electron chi connectivity index (χ0n) is 8.44. The van der Waals surface area contributed by atoms with Gasteiger partial charge in [-0.3, -0.25) is 4.79 Å². The van der Waals surface area contributed by atoms with Gasteiger partial charge in [0.2, 0.25) is 0 Å². The summed E-state index contributed by atoms with van der Waals surface area (Å²) < 4.78 is 0. The first kappa shape index (κ1) is 17.2. The van der Waals surface area contributed by atoms with Crippen LogP contribution in [0.25, 0.3) is 0 Å². The first-order valence-corrected chi connectivity index (χ1v) is 4.05. The number of hydrogen-bond donors (Lipinski definition) is 4. The van der Waals surface area contributed by atoms with Gasteiger partial charge in [0.05, 0.1) is 0 Å². The molecule has 0 saturated carbocycles. The highest BCUT2D eigenvalue weighted by Gasteiger charge is 2.14. The van der Waals surface area contributed by atoms with E-state index in [1.165, 1.54) is 0 Å². The first-order valence-electron chi connectivity index (χ1n) is 3.67. The highest BCUT2D eigenvalue weighted by molar-refractivity contribution is 6.31. The fourth-order valence-corrected chi connectivity index (χ4v) is 0.900. The fraction of sp³-hybridized carbons (Fsp3) is 0. The molecule has 10 nitrogen and oxygen atoms in total. The van der Waals surface area contributed by atoms with Crippen molar-refractivity contribution in [3.63, 3.8) is 0 Å². The molecule has 0 aliphatic heterocycles. The third-order valence-corrected chi connectivity index (χ3v) is 1.67. The van der Waals surface area contributed by atoms with Gasteiger partial charge < -0.3 is 33.6 Å². The largest absolute Gasteiger partial charge is 0.412 e. The van der Waals surface area contributed by atoms with Gasteiger partial charge in [-0.2, -0.15) is 5.10 Å². The van der Waals surface area contributed by atoms with Crippen LogP contribution in [-0.4, -0.2) is 33.2 Å². The molecule has 11 N–H and O–H groups in total. The standard InChI is InChI=1S/C6H8ClN7O.2H2O/c7-3-5(9)14-4(8)2(13-3)6(15)11-1-12-10;;/h1H,10H2,(H4,8,9,14)(H,11,12,15);2*1H2. The lowest BCUT2D eigenvalue weighted by molar-refractivity contribution is 0.0974. The van der Waals surface area contributed by atoms with Crippen LogP contribution in [0, 0.1) is 0 Å². The SMILES string of the molecule is N/N=C/NC(=O)c1nc(Cl)c(N)nc1N.O.O. The van der Waals surface area contributed by atoms with Gasteiger partial charge in [-0.05, 0) is 0 Å². The minimum atomic E-state index is -0.629. The van der Waals surface area contributed by atoms with Crippen LogP contribution in [0.1, 0.15) is 10.5 Å². The Labute approximate surface area is 100 Å². The van der Waals surface area contributed by atoms with E-state index in [-0.39, 0.29) is 33.4 Å². The number of halogens is 1. The van der Waals surface area contributed by atoms with E-state index < -0.39 is 5.91 Å². The van der Waals surface area contributed by atoms with Crippen LogP contribution >= 0.6 is 11.6 Å². The van der Waals surface area contributed by atoms with Crippen LogP contribution in [0.4, 0.5) is 11.6 Å². The van der Waals surface area contributed by atoms with Crippen molar-refractivity contribution in [3.05, 3.63) is 10.8 Å². The number of hydrazone groups is 1. The zero-order valence-corrected chi connectivity index (χ0v) is 9.19. The Bertz CT molecular complexity index is 424. The molecule has 0 fully saturated rings. The van der Waals surface area contributed by atoms with Crippen molar-refractivity contribution in [2.45, 2.75) is 0 Å². The minimum Gasteiger partial charge on any atom is -0.412 e. The molecule has 0 aromatic carbocycles. The van der Waals surface area contributed by atoms with Crippen molar-refractivity contribution in [1.82, 2.24) is 15.3 Å². The molecular weight excluding hydrogens is 254 g/mol. The molecule has 17 heavy (non-hydrogen) atoms. The second-order valence-electron chi connectivity index (χ2n) is 2.39. The number of nitrogen functional groups attached to an aromatic ring is 2. The van der Waals surface area contributed by atoms with E-state index in [0.29, 0.717) is 0 Å². The van der Waals surface area contributed by atoms with Crippen LogP contribution in [0.15, 0.2) is 5.10 Å². The zero-order chi connectivity index (χ0) is 11.4. The van der Waals surface area contributed by atoms with Crippen molar-refractivity contribution in [1.29, 1.82) is 0 Å². The molecule has 0 unspecified atom stereocenters. The summed E-state index contributed by atoms with van der Waals surface area (Å²) in [7, 11) is 0. The predicted octanol–water partition coefficient (Wildman–Crippen LogP) is -2.72. The third kappa shape index (κ3) is 4.06. The maximum Gasteiger partial charge on any atom is 0.278 e. The predicted molar refractivity (Wildman–Crippen MR) is 63.2 cm³/mol. The fourth-order valence-electron chi connectivity index (χ4n) is 0.773. The average molecular weight is 266 g/mol. The number of rotatable bonds is 2. The van der Waals surface area contributed by atoms with Crippen molar-refractivity contribution in [2.75, 3.05) is 11.5 Å². The normalized spacial score (nSPS) is 9.24. The van der Waals surface area contributed by atoms with Gasteiger partial charge in [-0.25, -0.2) is 9.97 Å².